The van der Waals surface area contributed by atoms with Crippen molar-refractivity contribution < 1.29 is 18.0 Å². The Kier molecular flexibility index (Phi) is 6.75. The molecule has 2 rings (SSSR count). The Morgan fingerprint density at radius 2 is 1.85 bits per heavy atom. The lowest BCUT2D eigenvalue weighted by Crippen LogP contribution is -2.39. The standard InChI is InChI=1S/C18H23N3O4S/c1-13(22)21-15-6-8-16(9-7-15)26(24,25)12-14-4-2-3-5-17(14)18(23)20-11-10-19/h6-9,14,17H,2-5,11-12H2,1H3,(H,20,23)(H,21,22)/t14-,17+/m1/s1. The first-order valence-electron chi connectivity index (χ1n) is 8.58. The summed E-state index contributed by atoms with van der Waals surface area (Å²) in [5.74, 6) is -1.22. The van der Waals surface area contributed by atoms with E-state index in [0.29, 0.717) is 18.5 Å². The molecule has 1 fully saturated rings. The van der Waals surface area contributed by atoms with Gasteiger partial charge in [-0.25, -0.2) is 8.42 Å². The van der Waals surface area contributed by atoms with Gasteiger partial charge >= 0.3 is 0 Å². The molecular weight excluding hydrogens is 354 g/mol. The second-order valence-electron chi connectivity index (χ2n) is 6.51. The van der Waals surface area contributed by atoms with Crippen molar-refractivity contribution >= 4 is 27.3 Å². The van der Waals surface area contributed by atoms with Gasteiger partial charge in [0.15, 0.2) is 9.84 Å². The van der Waals surface area contributed by atoms with Crippen LogP contribution in [-0.4, -0.2) is 32.5 Å². The summed E-state index contributed by atoms with van der Waals surface area (Å²) in [5, 5.41) is 13.7. The summed E-state index contributed by atoms with van der Waals surface area (Å²) in [7, 11) is -3.55. The molecule has 0 heterocycles. The molecule has 0 aliphatic heterocycles. The number of rotatable bonds is 6. The maximum Gasteiger partial charge on any atom is 0.224 e. The molecule has 7 nitrogen and oxygen atoms in total. The molecule has 26 heavy (non-hydrogen) atoms. The van der Waals surface area contributed by atoms with E-state index in [0.717, 1.165) is 12.8 Å². The third-order valence-electron chi connectivity index (χ3n) is 4.55. The minimum Gasteiger partial charge on any atom is -0.343 e. The van der Waals surface area contributed by atoms with E-state index in [9.17, 15) is 18.0 Å². The number of amides is 2. The molecule has 0 unspecified atom stereocenters. The van der Waals surface area contributed by atoms with Crippen molar-refractivity contribution in [1.29, 1.82) is 5.26 Å². The zero-order valence-electron chi connectivity index (χ0n) is 14.7. The van der Waals surface area contributed by atoms with Crippen LogP contribution in [0.15, 0.2) is 29.2 Å². The van der Waals surface area contributed by atoms with Gasteiger partial charge in [-0.3, -0.25) is 9.59 Å². The van der Waals surface area contributed by atoms with Crippen LogP contribution in [0.5, 0.6) is 0 Å². The van der Waals surface area contributed by atoms with Crippen molar-refractivity contribution in [1.82, 2.24) is 5.32 Å². The van der Waals surface area contributed by atoms with Gasteiger partial charge in [0.05, 0.1) is 16.7 Å². The van der Waals surface area contributed by atoms with Gasteiger partial charge in [-0.15, -0.1) is 0 Å². The van der Waals surface area contributed by atoms with Crippen LogP contribution in [-0.2, 0) is 19.4 Å². The summed E-state index contributed by atoms with van der Waals surface area (Å²) in [6.45, 7) is 1.31. The molecule has 0 bridgehead atoms. The predicted octanol–water partition coefficient (Wildman–Crippen LogP) is 1.86. The van der Waals surface area contributed by atoms with Crippen LogP contribution >= 0.6 is 0 Å². The zero-order chi connectivity index (χ0) is 19.2. The normalized spacial score (nSPS) is 20.0. The van der Waals surface area contributed by atoms with Crippen LogP contribution in [0.1, 0.15) is 32.6 Å². The highest BCUT2D eigenvalue weighted by Gasteiger charge is 2.34. The van der Waals surface area contributed by atoms with Crippen molar-refractivity contribution in [3.8, 4) is 6.07 Å². The van der Waals surface area contributed by atoms with Crippen molar-refractivity contribution in [3.63, 3.8) is 0 Å². The average molecular weight is 377 g/mol. The van der Waals surface area contributed by atoms with Crippen LogP contribution in [0.2, 0.25) is 0 Å². The quantitative estimate of drug-likeness (QED) is 0.734. The van der Waals surface area contributed by atoms with Crippen LogP contribution in [0.25, 0.3) is 0 Å². The molecule has 1 aliphatic carbocycles. The van der Waals surface area contributed by atoms with E-state index < -0.39 is 9.84 Å². The first-order valence-corrected chi connectivity index (χ1v) is 10.2. The SMILES string of the molecule is CC(=O)Nc1ccc(S(=O)(=O)C[C@H]2CCCC[C@@H]2C(=O)NCC#N)cc1. The lowest BCUT2D eigenvalue weighted by Gasteiger charge is -2.30. The monoisotopic (exact) mass is 377 g/mol. The first-order chi connectivity index (χ1) is 12.3. The van der Waals surface area contributed by atoms with E-state index in [1.807, 2.05) is 6.07 Å². The van der Waals surface area contributed by atoms with Gasteiger partial charge in [-0.05, 0) is 43.0 Å². The van der Waals surface area contributed by atoms with Crippen molar-refractivity contribution in [2.24, 2.45) is 11.8 Å². The van der Waals surface area contributed by atoms with Gasteiger partial charge in [0.1, 0.15) is 6.54 Å². The maximum absolute atomic E-state index is 12.7. The van der Waals surface area contributed by atoms with Gasteiger partial charge in [0.2, 0.25) is 11.8 Å². The fraction of sp³-hybridized carbons (Fsp3) is 0.500. The third kappa shape index (κ3) is 5.30. The Bertz CT molecular complexity index is 797. The van der Waals surface area contributed by atoms with Gasteiger partial charge < -0.3 is 10.6 Å². The lowest BCUT2D eigenvalue weighted by atomic mass is 9.80. The number of hydrogen-bond acceptors (Lipinski definition) is 5. The summed E-state index contributed by atoms with van der Waals surface area (Å²) in [6.07, 6.45) is 3.09. The highest BCUT2D eigenvalue weighted by atomic mass is 32.2. The second-order valence-corrected chi connectivity index (χ2v) is 8.55. The van der Waals surface area contributed by atoms with E-state index >= 15 is 0 Å². The third-order valence-corrected chi connectivity index (χ3v) is 6.41. The summed E-state index contributed by atoms with van der Waals surface area (Å²) < 4.78 is 25.5. The van der Waals surface area contributed by atoms with Gasteiger partial charge in [0.25, 0.3) is 0 Å². The van der Waals surface area contributed by atoms with E-state index in [4.69, 9.17) is 5.26 Å². The molecule has 0 saturated heterocycles. The molecule has 1 saturated carbocycles. The van der Waals surface area contributed by atoms with Crippen LogP contribution in [0.3, 0.4) is 0 Å². The maximum atomic E-state index is 12.7. The predicted molar refractivity (Wildman–Crippen MR) is 96.9 cm³/mol. The van der Waals surface area contributed by atoms with Crippen molar-refractivity contribution in [3.05, 3.63) is 24.3 Å². The first kappa shape index (κ1) is 19.9. The van der Waals surface area contributed by atoms with Gasteiger partial charge in [-0.2, -0.15) is 5.26 Å². The van der Waals surface area contributed by atoms with Crippen LogP contribution < -0.4 is 10.6 Å². The minimum atomic E-state index is -3.55. The number of hydrogen-bond donors (Lipinski definition) is 2. The largest absolute Gasteiger partial charge is 0.343 e. The van der Waals surface area contributed by atoms with Gasteiger partial charge in [-0.1, -0.05) is 12.8 Å². The number of sulfone groups is 1. The highest BCUT2D eigenvalue weighted by molar-refractivity contribution is 7.91. The fourth-order valence-corrected chi connectivity index (χ4v) is 5.04. The molecular formula is C18H23N3O4S. The molecule has 8 heteroatoms. The Morgan fingerprint density at radius 1 is 1.19 bits per heavy atom. The molecule has 2 atom stereocenters. The molecule has 0 radical (unpaired) electrons. The number of nitrogens with one attached hydrogen (secondary N) is 2. The summed E-state index contributed by atoms with van der Waals surface area (Å²) >= 11 is 0. The zero-order valence-corrected chi connectivity index (χ0v) is 15.5. The summed E-state index contributed by atoms with van der Waals surface area (Å²) in [4.78, 5) is 23.5. The fourth-order valence-electron chi connectivity index (χ4n) is 3.34. The van der Waals surface area contributed by atoms with E-state index in [-0.39, 0.29) is 40.8 Å². The molecule has 0 spiro atoms. The minimum absolute atomic E-state index is 0.0700. The Labute approximate surface area is 153 Å². The molecule has 2 amide bonds. The molecule has 2 N–H and O–H groups in total. The average Bonchev–Trinajstić information content (AvgIpc) is 2.59. The van der Waals surface area contributed by atoms with Crippen LogP contribution in [0.4, 0.5) is 5.69 Å². The lowest BCUT2D eigenvalue weighted by molar-refractivity contribution is -0.127. The number of carbonyl (C=O) groups is 2. The molecule has 1 aromatic rings. The van der Waals surface area contributed by atoms with E-state index in [2.05, 4.69) is 10.6 Å². The summed E-state index contributed by atoms with van der Waals surface area (Å²) in [6, 6.07) is 7.89. The van der Waals surface area contributed by atoms with Gasteiger partial charge in [0, 0.05) is 18.5 Å². The molecule has 1 aromatic carbocycles. The summed E-state index contributed by atoms with van der Waals surface area (Å²) in [5.41, 5.74) is 0.530. The number of carbonyl (C=O) groups excluding carboxylic acids is 2. The van der Waals surface area contributed by atoms with Crippen molar-refractivity contribution in [2.75, 3.05) is 17.6 Å². The molecule has 0 aromatic heterocycles. The smallest absolute Gasteiger partial charge is 0.224 e. The Hall–Kier alpha value is -2.40. The van der Waals surface area contributed by atoms with E-state index in [1.165, 1.54) is 19.1 Å². The number of nitriles is 1. The highest BCUT2D eigenvalue weighted by Crippen LogP contribution is 2.32. The number of nitrogens with zero attached hydrogens (tertiary/aromatic N) is 1. The second kappa shape index (κ2) is 8.81. The molecule has 140 valence electrons. The Balaban J connectivity index is 2.11. The van der Waals surface area contributed by atoms with Crippen LogP contribution in [0, 0.1) is 23.2 Å². The number of anilines is 1. The Morgan fingerprint density at radius 3 is 2.46 bits per heavy atom. The topological polar surface area (TPSA) is 116 Å². The van der Waals surface area contributed by atoms with E-state index in [1.54, 1.807) is 12.1 Å². The number of benzene rings is 1. The molecule has 1 aliphatic rings. The van der Waals surface area contributed by atoms with Crippen molar-refractivity contribution in [2.45, 2.75) is 37.5 Å².